The standard InChI is InChI=1S/C19H32N2O4S.ClH/c1-14(2)12-25-16-8-6-15(7-9-16)19(3,4)13-21-18(22)17(20)10-11-26(5,23)24;/h6-9,14,17H,10-13,20H2,1-5H3,(H,21,22);1H. The van der Waals surface area contributed by atoms with E-state index in [1.54, 1.807) is 0 Å². The maximum atomic E-state index is 12.1. The van der Waals surface area contributed by atoms with Crippen molar-refractivity contribution in [3.63, 3.8) is 0 Å². The van der Waals surface area contributed by atoms with Gasteiger partial charge in [0.1, 0.15) is 15.6 Å². The molecular formula is C19H33ClN2O4S. The van der Waals surface area contributed by atoms with Crippen molar-refractivity contribution in [3.05, 3.63) is 29.8 Å². The quantitative estimate of drug-likeness (QED) is 0.605. The summed E-state index contributed by atoms with van der Waals surface area (Å²) in [6.07, 6.45) is 1.25. The minimum absolute atomic E-state index is 0. The van der Waals surface area contributed by atoms with Gasteiger partial charge in [0.15, 0.2) is 0 Å². The number of hydrogen-bond acceptors (Lipinski definition) is 5. The summed E-state index contributed by atoms with van der Waals surface area (Å²) in [7, 11) is -3.13. The van der Waals surface area contributed by atoms with E-state index in [1.165, 1.54) is 0 Å². The average Bonchev–Trinajstić information content (AvgIpc) is 2.55. The fraction of sp³-hybridized carbons (Fsp3) is 0.632. The summed E-state index contributed by atoms with van der Waals surface area (Å²) >= 11 is 0. The van der Waals surface area contributed by atoms with Crippen molar-refractivity contribution in [2.24, 2.45) is 11.7 Å². The van der Waals surface area contributed by atoms with Crippen molar-refractivity contribution in [2.45, 2.75) is 45.6 Å². The number of sulfone groups is 1. The maximum Gasteiger partial charge on any atom is 0.236 e. The molecule has 0 radical (unpaired) electrons. The lowest BCUT2D eigenvalue weighted by Crippen LogP contribution is -2.45. The van der Waals surface area contributed by atoms with Crippen molar-refractivity contribution in [3.8, 4) is 5.75 Å². The van der Waals surface area contributed by atoms with Crippen LogP contribution in [0, 0.1) is 5.92 Å². The zero-order chi connectivity index (χ0) is 20.0. The zero-order valence-corrected chi connectivity index (χ0v) is 18.5. The molecule has 1 aromatic carbocycles. The van der Waals surface area contributed by atoms with Gasteiger partial charge in [0.2, 0.25) is 5.91 Å². The number of carbonyl (C=O) groups is 1. The summed E-state index contributed by atoms with van der Waals surface area (Å²) in [4.78, 5) is 12.1. The van der Waals surface area contributed by atoms with E-state index in [4.69, 9.17) is 10.5 Å². The largest absolute Gasteiger partial charge is 0.493 e. The molecule has 3 N–H and O–H groups in total. The topological polar surface area (TPSA) is 98.5 Å². The van der Waals surface area contributed by atoms with Gasteiger partial charge in [0.05, 0.1) is 18.4 Å². The van der Waals surface area contributed by atoms with E-state index in [2.05, 4.69) is 19.2 Å². The first kappa shape index (κ1) is 25.7. The third kappa shape index (κ3) is 9.98. The molecule has 0 bridgehead atoms. The van der Waals surface area contributed by atoms with E-state index >= 15 is 0 Å². The second-order valence-electron chi connectivity index (χ2n) is 7.86. The van der Waals surface area contributed by atoms with E-state index in [1.807, 2.05) is 38.1 Å². The first-order valence-corrected chi connectivity index (χ1v) is 10.9. The van der Waals surface area contributed by atoms with E-state index < -0.39 is 15.9 Å². The maximum absolute atomic E-state index is 12.1. The molecule has 0 saturated carbocycles. The van der Waals surface area contributed by atoms with Crippen LogP contribution in [0.25, 0.3) is 0 Å². The number of carbonyl (C=O) groups excluding carboxylic acids is 1. The van der Waals surface area contributed by atoms with Crippen LogP contribution < -0.4 is 15.8 Å². The predicted octanol–water partition coefficient (Wildman–Crippen LogP) is 2.30. The van der Waals surface area contributed by atoms with Crippen LogP contribution in [0.15, 0.2) is 24.3 Å². The molecule has 1 atom stereocenters. The van der Waals surface area contributed by atoms with Crippen LogP contribution in [0.3, 0.4) is 0 Å². The van der Waals surface area contributed by atoms with Crippen LogP contribution in [0.5, 0.6) is 5.75 Å². The van der Waals surface area contributed by atoms with Crippen molar-refractivity contribution in [1.82, 2.24) is 5.32 Å². The third-order valence-corrected chi connectivity index (χ3v) is 5.04. The van der Waals surface area contributed by atoms with E-state index in [0.717, 1.165) is 17.6 Å². The molecule has 0 heterocycles. The first-order chi connectivity index (χ1) is 11.9. The Balaban J connectivity index is 0.00000676. The number of ether oxygens (including phenoxy) is 1. The number of amides is 1. The summed E-state index contributed by atoms with van der Waals surface area (Å²) in [5.74, 6) is 0.861. The molecule has 6 nitrogen and oxygen atoms in total. The number of benzene rings is 1. The Morgan fingerprint density at radius 3 is 2.26 bits per heavy atom. The van der Waals surface area contributed by atoms with Crippen molar-refractivity contribution in [1.29, 1.82) is 0 Å². The summed E-state index contributed by atoms with van der Waals surface area (Å²) < 4.78 is 28.0. The van der Waals surface area contributed by atoms with Crippen LogP contribution in [0.1, 0.15) is 39.7 Å². The Hall–Kier alpha value is -1.31. The fourth-order valence-electron chi connectivity index (χ4n) is 2.28. The van der Waals surface area contributed by atoms with E-state index in [0.29, 0.717) is 19.1 Å². The molecule has 27 heavy (non-hydrogen) atoms. The summed E-state index contributed by atoms with van der Waals surface area (Å²) in [5.41, 5.74) is 6.56. The Bertz CT molecular complexity index is 688. The molecule has 0 aliphatic carbocycles. The number of nitrogens with one attached hydrogen (secondary N) is 1. The highest BCUT2D eigenvalue weighted by Crippen LogP contribution is 2.25. The van der Waals surface area contributed by atoms with Crippen molar-refractivity contribution < 1.29 is 17.9 Å². The molecule has 156 valence electrons. The van der Waals surface area contributed by atoms with Crippen LogP contribution in [0.2, 0.25) is 0 Å². The van der Waals surface area contributed by atoms with Gasteiger partial charge in [-0.05, 0) is 30.0 Å². The van der Waals surface area contributed by atoms with Gasteiger partial charge in [-0.25, -0.2) is 8.42 Å². The predicted molar refractivity (Wildman–Crippen MR) is 112 cm³/mol. The molecule has 1 aromatic rings. The van der Waals surface area contributed by atoms with Crippen LogP contribution in [0.4, 0.5) is 0 Å². The highest BCUT2D eigenvalue weighted by Gasteiger charge is 2.23. The Kier molecular flexibility index (Phi) is 10.4. The first-order valence-electron chi connectivity index (χ1n) is 8.85. The normalized spacial score (nSPS) is 13.0. The van der Waals surface area contributed by atoms with Gasteiger partial charge in [-0.15, -0.1) is 12.4 Å². The van der Waals surface area contributed by atoms with Gasteiger partial charge in [0, 0.05) is 18.2 Å². The smallest absolute Gasteiger partial charge is 0.236 e. The van der Waals surface area contributed by atoms with E-state index in [-0.39, 0.29) is 35.9 Å². The number of rotatable bonds is 10. The molecule has 0 aliphatic rings. The Labute approximate surface area is 169 Å². The van der Waals surface area contributed by atoms with Crippen molar-refractivity contribution >= 4 is 28.2 Å². The summed E-state index contributed by atoms with van der Waals surface area (Å²) in [5, 5.41) is 2.82. The Morgan fingerprint density at radius 2 is 1.78 bits per heavy atom. The Morgan fingerprint density at radius 1 is 1.22 bits per heavy atom. The van der Waals surface area contributed by atoms with Crippen LogP contribution in [-0.4, -0.2) is 45.5 Å². The fourth-order valence-corrected chi connectivity index (χ4v) is 2.96. The highest BCUT2D eigenvalue weighted by molar-refractivity contribution is 7.90. The van der Waals surface area contributed by atoms with Gasteiger partial charge >= 0.3 is 0 Å². The lowest BCUT2D eigenvalue weighted by molar-refractivity contribution is -0.122. The number of halogens is 1. The molecule has 1 unspecified atom stereocenters. The SMILES string of the molecule is CC(C)COc1ccc(C(C)(C)CNC(=O)C(N)CCS(C)(=O)=O)cc1.Cl. The minimum Gasteiger partial charge on any atom is -0.493 e. The van der Waals surface area contributed by atoms with Gasteiger partial charge < -0.3 is 15.8 Å². The molecule has 0 aliphatic heterocycles. The van der Waals surface area contributed by atoms with Gasteiger partial charge in [-0.2, -0.15) is 0 Å². The van der Waals surface area contributed by atoms with Crippen molar-refractivity contribution in [2.75, 3.05) is 25.2 Å². The summed E-state index contributed by atoms with van der Waals surface area (Å²) in [6.45, 7) is 9.33. The van der Waals surface area contributed by atoms with Gasteiger partial charge in [-0.1, -0.05) is 39.8 Å². The lowest BCUT2D eigenvalue weighted by Gasteiger charge is -2.26. The van der Waals surface area contributed by atoms with Gasteiger partial charge in [0.25, 0.3) is 0 Å². The summed E-state index contributed by atoms with van der Waals surface area (Å²) in [6, 6.07) is 7.02. The number of nitrogens with two attached hydrogens (primary N) is 1. The van der Waals surface area contributed by atoms with E-state index in [9.17, 15) is 13.2 Å². The zero-order valence-electron chi connectivity index (χ0n) is 16.8. The third-order valence-electron chi connectivity index (χ3n) is 4.06. The molecular weight excluding hydrogens is 388 g/mol. The molecule has 1 rings (SSSR count). The highest BCUT2D eigenvalue weighted by atomic mass is 35.5. The molecule has 1 amide bonds. The second-order valence-corrected chi connectivity index (χ2v) is 10.1. The molecule has 0 spiro atoms. The molecule has 0 aromatic heterocycles. The molecule has 0 saturated heterocycles. The molecule has 8 heteroatoms. The van der Waals surface area contributed by atoms with Crippen LogP contribution in [-0.2, 0) is 20.0 Å². The second kappa shape index (κ2) is 10.9. The van der Waals surface area contributed by atoms with Crippen LogP contribution >= 0.6 is 12.4 Å². The lowest BCUT2D eigenvalue weighted by atomic mass is 9.84. The van der Waals surface area contributed by atoms with Gasteiger partial charge in [-0.3, -0.25) is 4.79 Å². The molecule has 0 fully saturated rings. The monoisotopic (exact) mass is 420 g/mol. The number of hydrogen-bond donors (Lipinski definition) is 2. The minimum atomic E-state index is -3.13. The average molecular weight is 421 g/mol.